The average molecular weight is 293 g/mol. The number of rotatable bonds is 3. The molecule has 112 valence electrons. The molecule has 0 bridgehead atoms. The molecule has 1 atom stereocenters. The number of Topliss-reactive ketones (excluding diaryl/α,β-unsaturated/α-hetero) is 1. The first-order valence-corrected chi connectivity index (χ1v) is 6.77. The molecule has 1 aliphatic rings. The Morgan fingerprint density at radius 1 is 1.33 bits per heavy atom. The molecule has 0 radical (unpaired) electrons. The third kappa shape index (κ3) is 3.45. The van der Waals surface area contributed by atoms with E-state index in [0.717, 1.165) is 0 Å². The van der Waals surface area contributed by atoms with Crippen molar-refractivity contribution in [2.45, 2.75) is 13.3 Å². The van der Waals surface area contributed by atoms with Crippen molar-refractivity contribution in [1.29, 1.82) is 0 Å². The van der Waals surface area contributed by atoms with Crippen LogP contribution in [0.4, 0.5) is 4.39 Å². The van der Waals surface area contributed by atoms with Crippen LogP contribution in [0.3, 0.4) is 0 Å². The van der Waals surface area contributed by atoms with Crippen LogP contribution >= 0.6 is 0 Å². The minimum Gasteiger partial charge on any atom is -0.465 e. The SMILES string of the molecule is CCOC(=O)C1CCN(C(=O)c2ccc(F)cc2)CC1=O. The molecule has 0 N–H and O–H groups in total. The molecule has 21 heavy (non-hydrogen) atoms. The van der Waals surface area contributed by atoms with Crippen LogP contribution in [0.15, 0.2) is 24.3 Å². The van der Waals surface area contributed by atoms with Gasteiger partial charge in [-0.15, -0.1) is 0 Å². The van der Waals surface area contributed by atoms with Crippen molar-refractivity contribution in [2.24, 2.45) is 5.92 Å². The molecule has 2 rings (SSSR count). The van der Waals surface area contributed by atoms with Crippen molar-refractivity contribution in [1.82, 2.24) is 4.90 Å². The fourth-order valence-electron chi connectivity index (χ4n) is 2.26. The molecule has 0 spiro atoms. The zero-order chi connectivity index (χ0) is 15.4. The summed E-state index contributed by atoms with van der Waals surface area (Å²) >= 11 is 0. The lowest BCUT2D eigenvalue weighted by molar-refractivity contribution is -0.153. The van der Waals surface area contributed by atoms with Gasteiger partial charge < -0.3 is 9.64 Å². The highest BCUT2D eigenvalue weighted by molar-refractivity contribution is 6.04. The first-order valence-electron chi connectivity index (χ1n) is 6.77. The van der Waals surface area contributed by atoms with Gasteiger partial charge in [-0.1, -0.05) is 0 Å². The van der Waals surface area contributed by atoms with E-state index >= 15 is 0 Å². The second kappa shape index (κ2) is 6.47. The summed E-state index contributed by atoms with van der Waals surface area (Å²) in [5, 5.41) is 0. The minimum absolute atomic E-state index is 0.125. The van der Waals surface area contributed by atoms with Gasteiger partial charge in [-0.05, 0) is 37.6 Å². The first-order chi connectivity index (χ1) is 10.0. The smallest absolute Gasteiger partial charge is 0.316 e. The van der Waals surface area contributed by atoms with Gasteiger partial charge >= 0.3 is 5.97 Å². The van der Waals surface area contributed by atoms with Crippen LogP contribution in [0, 0.1) is 11.7 Å². The van der Waals surface area contributed by atoms with Crippen LogP contribution in [0.25, 0.3) is 0 Å². The Labute approximate surface area is 121 Å². The predicted octanol–water partition coefficient (Wildman–Crippen LogP) is 1.42. The highest BCUT2D eigenvalue weighted by atomic mass is 19.1. The van der Waals surface area contributed by atoms with Crippen molar-refractivity contribution < 1.29 is 23.5 Å². The minimum atomic E-state index is -0.790. The van der Waals surface area contributed by atoms with Crippen LogP contribution < -0.4 is 0 Å². The van der Waals surface area contributed by atoms with Gasteiger partial charge in [-0.25, -0.2) is 4.39 Å². The zero-order valence-corrected chi connectivity index (χ0v) is 11.7. The van der Waals surface area contributed by atoms with E-state index in [9.17, 15) is 18.8 Å². The molecule has 0 saturated carbocycles. The highest BCUT2D eigenvalue weighted by Gasteiger charge is 2.35. The van der Waals surface area contributed by atoms with Gasteiger partial charge in [0, 0.05) is 12.1 Å². The topological polar surface area (TPSA) is 63.7 Å². The van der Waals surface area contributed by atoms with Crippen LogP contribution in [0.1, 0.15) is 23.7 Å². The fourth-order valence-corrected chi connectivity index (χ4v) is 2.26. The van der Waals surface area contributed by atoms with Gasteiger partial charge in [-0.3, -0.25) is 14.4 Å². The zero-order valence-electron chi connectivity index (χ0n) is 11.7. The Balaban J connectivity index is 2.02. The molecule has 0 aliphatic carbocycles. The molecule has 1 amide bonds. The lowest BCUT2D eigenvalue weighted by Gasteiger charge is -2.29. The van der Waals surface area contributed by atoms with E-state index in [2.05, 4.69) is 0 Å². The third-order valence-electron chi connectivity index (χ3n) is 3.37. The Bertz CT molecular complexity index is 555. The molecule has 1 aromatic rings. The molecule has 5 nitrogen and oxygen atoms in total. The Hall–Kier alpha value is -2.24. The molecule has 6 heteroatoms. The molecular formula is C15H16FNO4. The number of hydrogen-bond donors (Lipinski definition) is 0. The highest BCUT2D eigenvalue weighted by Crippen LogP contribution is 2.18. The largest absolute Gasteiger partial charge is 0.465 e. The monoisotopic (exact) mass is 293 g/mol. The quantitative estimate of drug-likeness (QED) is 0.624. The number of carbonyl (C=O) groups is 3. The number of esters is 1. The summed E-state index contributed by atoms with van der Waals surface area (Å²) in [7, 11) is 0. The van der Waals surface area contributed by atoms with Crippen molar-refractivity contribution in [3.63, 3.8) is 0 Å². The number of amides is 1. The van der Waals surface area contributed by atoms with Gasteiger partial charge in [0.15, 0.2) is 5.78 Å². The number of likely N-dealkylation sites (tertiary alicyclic amines) is 1. The van der Waals surface area contributed by atoms with E-state index in [4.69, 9.17) is 4.74 Å². The summed E-state index contributed by atoms with van der Waals surface area (Å²) in [6.07, 6.45) is 0.255. The number of carbonyl (C=O) groups excluding carboxylic acids is 3. The van der Waals surface area contributed by atoms with Gasteiger partial charge in [0.1, 0.15) is 11.7 Å². The Morgan fingerprint density at radius 3 is 2.57 bits per heavy atom. The molecule has 1 saturated heterocycles. The van der Waals surface area contributed by atoms with Gasteiger partial charge in [0.2, 0.25) is 0 Å². The average Bonchev–Trinajstić information content (AvgIpc) is 2.47. The summed E-state index contributed by atoms with van der Waals surface area (Å²) < 4.78 is 17.7. The number of ether oxygens (including phenoxy) is 1. The lowest BCUT2D eigenvalue weighted by Crippen LogP contribution is -2.46. The predicted molar refractivity (Wildman–Crippen MR) is 72.1 cm³/mol. The third-order valence-corrected chi connectivity index (χ3v) is 3.37. The molecule has 1 unspecified atom stereocenters. The maximum atomic E-state index is 12.8. The molecular weight excluding hydrogens is 277 g/mol. The summed E-state index contributed by atoms with van der Waals surface area (Å²) in [4.78, 5) is 37.1. The van der Waals surface area contributed by atoms with Crippen molar-refractivity contribution >= 4 is 17.7 Å². The van der Waals surface area contributed by atoms with Crippen molar-refractivity contribution in [3.05, 3.63) is 35.6 Å². The number of nitrogens with zero attached hydrogens (tertiary/aromatic N) is 1. The number of benzene rings is 1. The molecule has 1 aromatic carbocycles. The Morgan fingerprint density at radius 2 is 2.00 bits per heavy atom. The van der Waals surface area contributed by atoms with E-state index in [1.165, 1.54) is 29.2 Å². The second-order valence-electron chi connectivity index (χ2n) is 4.79. The Kier molecular flexibility index (Phi) is 4.67. The van der Waals surface area contributed by atoms with Crippen LogP contribution in [-0.2, 0) is 14.3 Å². The molecule has 1 heterocycles. The van der Waals surface area contributed by atoms with E-state index in [-0.39, 0.29) is 31.3 Å². The van der Waals surface area contributed by atoms with Gasteiger partial charge in [0.25, 0.3) is 5.91 Å². The summed E-state index contributed by atoms with van der Waals surface area (Å²) in [5.74, 6) is -2.41. The van der Waals surface area contributed by atoms with E-state index in [1.54, 1.807) is 6.92 Å². The first kappa shape index (κ1) is 15.2. The van der Waals surface area contributed by atoms with E-state index < -0.39 is 17.7 Å². The maximum Gasteiger partial charge on any atom is 0.316 e. The lowest BCUT2D eigenvalue weighted by atomic mass is 9.95. The van der Waals surface area contributed by atoms with Gasteiger partial charge in [-0.2, -0.15) is 0 Å². The summed E-state index contributed by atoms with van der Waals surface area (Å²) in [5.41, 5.74) is 0.318. The molecule has 0 aromatic heterocycles. The second-order valence-corrected chi connectivity index (χ2v) is 4.79. The summed E-state index contributed by atoms with van der Waals surface area (Å²) in [6.45, 7) is 2.07. The molecule has 1 fully saturated rings. The van der Waals surface area contributed by atoms with E-state index in [0.29, 0.717) is 12.1 Å². The van der Waals surface area contributed by atoms with Crippen LogP contribution in [0.2, 0.25) is 0 Å². The number of piperidine rings is 1. The number of ketones is 1. The normalized spacial score (nSPS) is 18.5. The fraction of sp³-hybridized carbons (Fsp3) is 0.400. The van der Waals surface area contributed by atoms with Crippen LogP contribution in [-0.4, -0.2) is 42.3 Å². The molecule has 1 aliphatic heterocycles. The summed E-state index contributed by atoms with van der Waals surface area (Å²) in [6, 6.07) is 5.14. The standard InChI is InChI=1S/C15H16FNO4/c1-2-21-15(20)12-7-8-17(9-13(12)18)14(19)10-3-5-11(16)6-4-10/h3-6,12H,2,7-9H2,1H3. The number of hydrogen-bond acceptors (Lipinski definition) is 4. The number of halogens is 1. The van der Waals surface area contributed by atoms with Gasteiger partial charge in [0.05, 0.1) is 13.2 Å². The van der Waals surface area contributed by atoms with E-state index in [1.807, 2.05) is 0 Å². The van der Waals surface area contributed by atoms with Crippen molar-refractivity contribution in [3.8, 4) is 0 Å². The van der Waals surface area contributed by atoms with Crippen LogP contribution in [0.5, 0.6) is 0 Å². The van der Waals surface area contributed by atoms with Crippen molar-refractivity contribution in [2.75, 3.05) is 19.7 Å². The maximum absolute atomic E-state index is 12.8.